The van der Waals surface area contributed by atoms with E-state index in [-0.39, 0.29) is 23.8 Å². The molecule has 1 amide bonds. The highest BCUT2D eigenvalue weighted by Gasteiger charge is 2.37. The van der Waals surface area contributed by atoms with Crippen molar-refractivity contribution >= 4 is 11.9 Å². The second-order valence-electron chi connectivity index (χ2n) is 5.08. The molecule has 0 radical (unpaired) electrons. The number of amides is 1. The summed E-state index contributed by atoms with van der Waals surface area (Å²) < 4.78 is 0. The van der Waals surface area contributed by atoms with Crippen LogP contribution in [0.1, 0.15) is 39.0 Å². The maximum Gasteiger partial charge on any atom is 0.308 e. The third kappa shape index (κ3) is 2.06. The molecule has 1 saturated heterocycles. The highest BCUT2D eigenvalue weighted by atomic mass is 16.4. The van der Waals surface area contributed by atoms with Gasteiger partial charge in [0.15, 0.2) is 0 Å². The van der Waals surface area contributed by atoms with Gasteiger partial charge in [-0.05, 0) is 32.6 Å². The Bertz CT molecular complexity index is 299. The molecular formula is C12H19NO3. The predicted molar refractivity (Wildman–Crippen MR) is 58.9 cm³/mol. The van der Waals surface area contributed by atoms with Gasteiger partial charge in [-0.3, -0.25) is 9.59 Å². The van der Waals surface area contributed by atoms with E-state index in [1.807, 2.05) is 6.92 Å². The number of hydrogen-bond donors (Lipinski definition) is 1. The maximum atomic E-state index is 12.1. The van der Waals surface area contributed by atoms with E-state index in [0.29, 0.717) is 13.0 Å². The molecule has 0 aromatic rings. The van der Waals surface area contributed by atoms with Gasteiger partial charge >= 0.3 is 5.97 Å². The molecule has 4 nitrogen and oxygen atoms in total. The summed E-state index contributed by atoms with van der Waals surface area (Å²) in [5.74, 6) is -0.766. The zero-order chi connectivity index (χ0) is 11.7. The normalized spacial score (nSPS) is 30.9. The van der Waals surface area contributed by atoms with Crippen molar-refractivity contribution in [2.75, 3.05) is 6.54 Å². The second-order valence-corrected chi connectivity index (χ2v) is 5.08. The van der Waals surface area contributed by atoms with Gasteiger partial charge in [0, 0.05) is 18.5 Å². The Morgan fingerprint density at radius 1 is 1.12 bits per heavy atom. The third-order valence-electron chi connectivity index (χ3n) is 3.97. The minimum absolute atomic E-state index is 0.176. The fraction of sp³-hybridized carbons (Fsp3) is 0.833. The number of aliphatic carboxylic acids is 1. The Morgan fingerprint density at radius 2 is 1.81 bits per heavy atom. The van der Waals surface area contributed by atoms with E-state index in [4.69, 9.17) is 5.11 Å². The Balaban J connectivity index is 2.00. The molecule has 90 valence electrons. The van der Waals surface area contributed by atoms with Crippen LogP contribution in [-0.2, 0) is 9.59 Å². The minimum atomic E-state index is -0.765. The number of carbonyl (C=O) groups excluding carboxylic acids is 1. The number of carboxylic acids is 1. The predicted octanol–water partition coefficient (Wildman–Crippen LogP) is 1.50. The first kappa shape index (κ1) is 11.4. The van der Waals surface area contributed by atoms with E-state index in [1.165, 1.54) is 0 Å². The van der Waals surface area contributed by atoms with Crippen molar-refractivity contribution in [3.05, 3.63) is 0 Å². The lowest BCUT2D eigenvalue weighted by Gasteiger charge is -2.40. The standard InChI is InChI=1S/C12H19NO3/c1-8-5-6-10(12(15)16)7-13(8)11(14)9-3-2-4-9/h8-10H,2-7H2,1H3,(H,15,16). The molecule has 16 heavy (non-hydrogen) atoms. The monoisotopic (exact) mass is 225 g/mol. The average Bonchev–Trinajstić information content (AvgIpc) is 2.15. The van der Waals surface area contributed by atoms with Gasteiger partial charge in [0.05, 0.1) is 5.92 Å². The Hall–Kier alpha value is -1.06. The van der Waals surface area contributed by atoms with Crippen LogP contribution >= 0.6 is 0 Å². The lowest BCUT2D eigenvalue weighted by molar-refractivity contribution is -0.149. The van der Waals surface area contributed by atoms with Gasteiger partial charge in [0.25, 0.3) is 0 Å². The summed E-state index contributed by atoms with van der Waals surface area (Å²) in [6.45, 7) is 2.43. The summed E-state index contributed by atoms with van der Waals surface area (Å²) in [5, 5.41) is 9.00. The van der Waals surface area contributed by atoms with Gasteiger partial charge < -0.3 is 10.0 Å². The second kappa shape index (κ2) is 4.44. The Labute approximate surface area is 95.6 Å². The first-order chi connectivity index (χ1) is 7.59. The highest BCUT2D eigenvalue weighted by molar-refractivity contribution is 5.81. The summed E-state index contributed by atoms with van der Waals surface area (Å²) in [5.41, 5.74) is 0. The van der Waals surface area contributed by atoms with Gasteiger partial charge in [-0.1, -0.05) is 6.42 Å². The number of carboxylic acid groups (broad SMARTS) is 1. The molecule has 0 spiro atoms. The van der Waals surface area contributed by atoms with E-state index in [9.17, 15) is 9.59 Å². The molecule has 1 aliphatic carbocycles. The van der Waals surface area contributed by atoms with Gasteiger partial charge in [-0.15, -0.1) is 0 Å². The van der Waals surface area contributed by atoms with Crippen molar-refractivity contribution < 1.29 is 14.7 Å². The molecule has 1 heterocycles. The minimum Gasteiger partial charge on any atom is -0.481 e. The molecule has 2 unspecified atom stereocenters. The van der Waals surface area contributed by atoms with Crippen LogP contribution in [0.3, 0.4) is 0 Å². The van der Waals surface area contributed by atoms with Crippen LogP contribution < -0.4 is 0 Å². The zero-order valence-corrected chi connectivity index (χ0v) is 9.69. The molecule has 4 heteroatoms. The zero-order valence-electron chi connectivity index (χ0n) is 9.69. The molecule has 0 aromatic carbocycles. The number of piperidine rings is 1. The molecule has 2 rings (SSSR count). The van der Waals surface area contributed by atoms with E-state index in [0.717, 1.165) is 25.7 Å². The van der Waals surface area contributed by atoms with Crippen molar-refractivity contribution in [2.24, 2.45) is 11.8 Å². The van der Waals surface area contributed by atoms with Crippen LogP contribution in [0.4, 0.5) is 0 Å². The smallest absolute Gasteiger partial charge is 0.308 e. The van der Waals surface area contributed by atoms with Crippen molar-refractivity contribution in [3.63, 3.8) is 0 Å². The molecule has 1 aliphatic heterocycles. The molecule has 0 bridgehead atoms. The van der Waals surface area contributed by atoms with E-state index >= 15 is 0 Å². The molecule has 2 atom stereocenters. The van der Waals surface area contributed by atoms with Crippen LogP contribution in [0, 0.1) is 11.8 Å². The fourth-order valence-corrected chi connectivity index (χ4v) is 2.51. The van der Waals surface area contributed by atoms with Crippen LogP contribution in [0.2, 0.25) is 0 Å². The van der Waals surface area contributed by atoms with Gasteiger partial charge in [0.2, 0.25) is 5.91 Å². The van der Waals surface area contributed by atoms with Crippen molar-refractivity contribution in [1.82, 2.24) is 4.90 Å². The lowest BCUT2D eigenvalue weighted by atomic mass is 9.82. The van der Waals surface area contributed by atoms with Crippen LogP contribution in [0.25, 0.3) is 0 Å². The first-order valence-electron chi connectivity index (χ1n) is 6.13. The number of nitrogens with zero attached hydrogens (tertiary/aromatic N) is 1. The van der Waals surface area contributed by atoms with Gasteiger partial charge in [-0.2, -0.15) is 0 Å². The van der Waals surface area contributed by atoms with Crippen molar-refractivity contribution in [1.29, 1.82) is 0 Å². The summed E-state index contributed by atoms with van der Waals surface area (Å²) >= 11 is 0. The number of rotatable bonds is 2. The van der Waals surface area contributed by atoms with Gasteiger partial charge in [0.1, 0.15) is 0 Å². The molecule has 2 aliphatic rings. The summed E-state index contributed by atoms with van der Waals surface area (Å²) in [7, 11) is 0. The number of carbonyl (C=O) groups is 2. The average molecular weight is 225 g/mol. The molecular weight excluding hydrogens is 206 g/mol. The molecule has 1 N–H and O–H groups in total. The van der Waals surface area contributed by atoms with Crippen LogP contribution in [0.15, 0.2) is 0 Å². The quantitative estimate of drug-likeness (QED) is 0.774. The first-order valence-corrected chi connectivity index (χ1v) is 6.13. The van der Waals surface area contributed by atoms with Crippen LogP contribution in [0.5, 0.6) is 0 Å². The van der Waals surface area contributed by atoms with Crippen molar-refractivity contribution in [3.8, 4) is 0 Å². The van der Waals surface area contributed by atoms with Crippen molar-refractivity contribution in [2.45, 2.75) is 45.1 Å². The third-order valence-corrected chi connectivity index (χ3v) is 3.97. The Kier molecular flexibility index (Phi) is 3.17. The SMILES string of the molecule is CC1CCC(C(=O)O)CN1C(=O)C1CCC1. The topological polar surface area (TPSA) is 57.6 Å². The van der Waals surface area contributed by atoms with Crippen LogP contribution in [-0.4, -0.2) is 34.5 Å². The summed E-state index contributed by atoms with van der Waals surface area (Å²) in [6, 6.07) is 0.212. The summed E-state index contributed by atoms with van der Waals surface area (Å²) in [6.07, 6.45) is 4.63. The molecule has 2 fully saturated rings. The number of hydrogen-bond acceptors (Lipinski definition) is 2. The van der Waals surface area contributed by atoms with E-state index in [1.54, 1.807) is 4.90 Å². The highest BCUT2D eigenvalue weighted by Crippen LogP contribution is 2.31. The van der Waals surface area contributed by atoms with E-state index in [2.05, 4.69) is 0 Å². The van der Waals surface area contributed by atoms with Gasteiger partial charge in [-0.25, -0.2) is 0 Å². The lowest BCUT2D eigenvalue weighted by Crippen LogP contribution is -2.50. The molecule has 0 aromatic heterocycles. The number of likely N-dealkylation sites (tertiary alicyclic amines) is 1. The molecule has 1 saturated carbocycles. The maximum absolute atomic E-state index is 12.1. The Morgan fingerprint density at radius 3 is 2.31 bits per heavy atom. The largest absolute Gasteiger partial charge is 0.481 e. The summed E-state index contributed by atoms with van der Waals surface area (Å²) in [4.78, 5) is 24.8. The fourth-order valence-electron chi connectivity index (χ4n) is 2.51. The van der Waals surface area contributed by atoms with E-state index < -0.39 is 5.97 Å².